The topological polar surface area (TPSA) is 75.3 Å². The molecule has 2 N–H and O–H groups in total. The second-order valence-electron chi connectivity index (χ2n) is 4.20. The summed E-state index contributed by atoms with van der Waals surface area (Å²) in [7, 11) is 3.50. The molecule has 5 nitrogen and oxygen atoms in total. The summed E-state index contributed by atoms with van der Waals surface area (Å²) in [6.45, 7) is 6.43. The molecule has 0 heterocycles. The van der Waals surface area contributed by atoms with Crippen molar-refractivity contribution in [2.24, 2.45) is 0 Å². The molecule has 122 valence electrons. The molecule has 0 saturated carbocycles. The predicted molar refractivity (Wildman–Crippen MR) is 84.2 cm³/mol. The quantitative estimate of drug-likeness (QED) is 0.361. The monoisotopic (exact) mass is 486 g/mol. The summed E-state index contributed by atoms with van der Waals surface area (Å²) in [5, 5.41) is 5.31. The van der Waals surface area contributed by atoms with Crippen LogP contribution in [-0.2, 0) is 35.4 Å². The minimum absolute atomic E-state index is 0. The Kier molecular flexibility index (Phi) is 18.1. The molecule has 21 heavy (non-hydrogen) atoms. The van der Waals surface area contributed by atoms with Gasteiger partial charge < -0.3 is 22.4 Å². The van der Waals surface area contributed by atoms with Gasteiger partial charge in [0.1, 0.15) is 11.6 Å². The van der Waals surface area contributed by atoms with Crippen LogP contribution in [0.5, 0.6) is 0 Å². The molecule has 7 heteroatoms. The van der Waals surface area contributed by atoms with Crippen molar-refractivity contribution >= 4 is 29.2 Å². The van der Waals surface area contributed by atoms with Gasteiger partial charge in [-0.3, -0.25) is 16.6 Å². The van der Waals surface area contributed by atoms with E-state index in [0.717, 1.165) is 0 Å². The summed E-state index contributed by atoms with van der Waals surface area (Å²) in [5.74, 6) is 1.02. The van der Waals surface area contributed by atoms with Gasteiger partial charge in [-0.15, -0.1) is 6.42 Å². The Hall–Kier alpha value is -0.192. The van der Waals surface area contributed by atoms with Gasteiger partial charge in [0.2, 0.25) is 5.91 Å². The van der Waals surface area contributed by atoms with Crippen molar-refractivity contribution in [1.29, 1.82) is 0 Å². The molecule has 0 aromatic carbocycles. The summed E-state index contributed by atoms with van der Waals surface area (Å²) in [4.78, 5) is 33.7. The summed E-state index contributed by atoms with van der Waals surface area (Å²) in [6, 6.07) is -0.751. The van der Waals surface area contributed by atoms with E-state index in [1.807, 2.05) is 0 Å². The summed E-state index contributed by atoms with van der Waals surface area (Å²) in [5.41, 5.74) is 0. The van der Waals surface area contributed by atoms with Gasteiger partial charge in [-0.25, -0.2) is 0 Å². The third-order valence-corrected chi connectivity index (χ3v) is 3.68. The smallest absolute Gasteiger partial charge is 0.463 e. The first-order valence-electron chi connectivity index (χ1n) is 6.12. The van der Waals surface area contributed by atoms with Gasteiger partial charge in [-0.05, 0) is 19.1 Å². The van der Waals surface area contributed by atoms with Crippen molar-refractivity contribution in [1.82, 2.24) is 10.6 Å². The van der Waals surface area contributed by atoms with Crippen LogP contribution in [-0.4, -0.2) is 41.1 Å². The van der Waals surface area contributed by atoms with Crippen molar-refractivity contribution < 1.29 is 35.4 Å². The first-order valence-corrected chi connectivity index (χ1v) is 7.27. The summed E-state index contributed by atoms with van der Waals surface area (Å²) in [6.07, 6.45) is 0.701. The van der Waals surface area contributed by atoms with E-state index in [-0.39, 0.29) is 58.4 Å². The molecule has 0 aromatic rings. The summed E-state index contributed by atoms with van der Waals surface area (Å²) < 4.78 is 0. The second kappa shape index (κ2) is 14.7. The maximum Gasteiger partial charge on any atom is 2.00 e. The first-order chi connectivity index (χ1) is 8.92. The number of carbonyl (C=O) groups excluding carboxylic acids is 3. The van der Waals surface area contributed by atoms with E-state index >= 15 is 0 Å². The van der Waals surface area contributed by atoms with Crippen molar-refractivity contribution in [2.75, 3.05) is 11.5 Å². The standard InChI is InChI=1S/C13H22N2O3S.CH4.W/c1-5-13(18)11(15-10(3)17)6-7-19-8-12(14-4)9(2)16;;/h11-12,14H,1,4-8H2,2-3H3,(H,15,17);1H4;/q-2;;+2. The van der Waals surface area contributed by atoms with Crippen LogP contribution in [0, 0.1) is 14.0 Å². The van der Waals surface area contributed by atoms with Gasteiger partial charge in [0.05, 0.1) is 6.04 Å². The average molecular weight is 486 g/mol. The zero-order valence-corrected chi connectivity index (χ0v) is 15.7. The predicted octanol–water partition coefficient (Wildman–Crippen LogP) is 1.38. The molecule has 0 aromatic heterocycles. The van der Waals surface area contributed by atoms with Crippen LogP contribution in [0.3, 0.4) is 0 Å². The number of hydrogen-bond donors (Lipinski definition) is 2. The molecule has 0 fully saturated rings. The van der Waals surface area contributed by atoms with E-state index in [2.05, 4.69) is 24.6 Å². The SMILES string of the molecule is C.[CH2-]CC(=O)C(CCSCC(N[CH2-])C(C)=O)NC(C)=O.[W+2]. The Bertz CT molecular complexity index is 327. The molecule has 0 saturated heterocycles. The fourth-order valence-corrected chi connectivity index (χ4v) is 2.61. The molecule has 2 unspecified atom stereocenters. The van der Waals surface area contributed by atoms with Crippen LogP contribution < -0.4 is 10.6 Å². The Labute approximate surface area is 147 Å². The first kappa shape index (κ1) is 25.7. The number of carbonyl (C=O) groups is 3. The molecular formula is C14H26N2O3SW. The molecule has 0 aliphatic rings. The third-order valence-electron chi connectivity index (χ3n) is 2.59. The number of nitrogens with one attached hydrogen (secondary N) is 2. The molecule has 0 spiro atoms. The Morgan fingerprint density at radius 3 is 2.14 bits per heavy atom. The maximum atomic E-state index is 11.6. The van der Waals surface area contributed by atoms with Gasteiger partial charge in [0.15, 0.2) is 0 Å². The van der Waals surface area contributed by atoms with E-state index in [1.54, 1.807) is 11.8 Å². The minimum atomic E-state index is -0.481. The van der Waals surface area contributed by atoms with Crippen molar-refractivity contribution in [2.45, 2.75) is 46.2 Å². The molecule has 1 amide bonds. The minimum Gasteiger partial charge on any atom is -0.463 e. The van der Waals surface area contributed by atoms with Crippen LogP contribution in [0.15, 0.2) is 0 Å². The second-order valence-corrected chi connectivity index (χ2v) is 5.35. The van der Waals surface area contributed by atoms with Crippen LogP contribution >= 0.6 is 11.8 Å². The van der Waals surface area contributed by atoms with Crippen LogP contribution in [0.2, 0.25) is 0 Å². The number of Topliss-reactive ketones (excluding diaryl/α,β-unsaturated/α-hetero) is 2. The van der Waals surface area contributed by atoms with E-state index in [9.17, 15) is 14.4 Å². The zero-order chi connectivity index (χ0) is 14.8. The molecule has 0 aliphatic heterocycles. The Balaban J connectivity index is -0.00000162. The maximum absolute atomic E-state index is 11.6. The van der Waals surface area contributed by atoms with Crippen LogP contribution in [0.4, 0.5) is 0 Å². The van der Waals surface area contributed by atoms with Crippen molar-refractivity contribution in [3.05, 3.63) is 14.0 Å². The van der Waals surface area contributed by atoms with E-state index in [1.165, 1.54) is 13.8 Å². The van der Waals surface area contributed by atoms with Gasteiger partial charge in [-0.1, -0.05) is 7.43 Å². The summed E-state index contributed by atoms with van der Waals surface area (Å²) >= 11 is 1.55. The number of rotatable bonds is 10. The number of amides is 1. The molecular weight excluding hydrogens is 460 g/mol. The van der Waals surface area contributed by atoms with Crippen LogP contribution in [0.25, 0.3) is 0 Å². The number of ketones is 2. The fraction of sp³-hybridized carbons (Fsp3) is 0.643. The molecule has 0 bridgehead atoms. The van der Waals surface area contributed by atoms with Crippen molar-refractivity contribution in [3.8, 4) is 0 Å². The number of thioether (sulfide) groups is 1. The van der Waals surface area contributed by atoms with Gasteiger partial charge >= 0.3 is 21.1 Å². The van der Waals surface area contributed by atoms with Gasteiger partial charge in [0.25, 0.3) is 0 Å². The fourth-order valence-electron chi connectivity index (χ4n) is 1.46. The molecule has 2 atom stereocenters. The van der Waals surface area contributed by atoms with E-state index in [0.29, 0.717) is 17.9 Å². The Morgan fingerprint density at radius 2 is 1.76 bits per heavy atom. The average Bonchev–Trinajstić information content (AvgIpc) is 2.35. The van der Waals surface area contributed by atoms with Crippen molar-refractivity contribution in [3.63, 3.8) is 0 Å². The normalized spacial score (nSPS) is 12.4. The Morgan fingerprint density at radius 1 is 1.19 bits per heavy atom. The molecule has 0 aliphatic carbocycles. The number of hydrogen-bond acceptors (Lipinski definition) is 5. The van der Waals surface area contributed by atoms with Crippen LogP contribution in [0.1, 0.15) is 34.1 Å². The van der Waals surface area contributed by atoms with E-state index < -0.39 is 6.04 Å². The third kappa shape index (κ3) is 12.1. The zero-order valence-electron chi connectivity index (χ0n) is 11.9. The van der Waals surface area contributed by atoms with E-state index in [4.69, 9.17) is 0 Å². The molecule has 0 rings (SSSR count). The largest absolute Gasteiger partial charge is 2.00 e. The molecule has 0 radical (unpaired) electrons. The van der Waals surface area contributed by atoms with Gasteiger partial charge in [0, 0.05) is 18.7 Å². The van der Waals surface area contributed by atoms with Gasteiger partial charge in [-0.2, -0.15) is 11.8 Å².